The molecule has 0 saturated carbocycles. The summed E-state index contributed by atoms with van der Waals surface area (Å²) in [6, 6.07) is 0. The van der Waals surface area contributed by atoms with Crippen molar-refractivity contribution in [1.82, 2.24) is 9.97 Å². The van der Waals surface area contributed by atoms with E-state index in [1.54, 1.807) is 6.20 Å². The van der Waals surface area contributed by atoms with Crippen molar-refractivity contribution >= 4 is 17.4 Å². The van der Waals surface area contributed by atoms with E-state index in [0.29, 0.717) is 17.3 Å². The molecular weight excluding hydrogens is 186 g/mol. The van der Waals surface area contributed by atoms with E-state index in [4.69, 9.17) is 17.3 Å². The molecule has 0 aliphatic heterocycles. The maximum Gasteiger partial charge on any atom is 0.142 e. The Morgan fingerprint density at radius 3 is 3.08 bits per heavy atom. The van der Waals surface area contributed by atoms with Crippen LogP contribution in [0.25, 0.3) is 0 Å². The first kappa shape index (κ1) is 9.82. The van der Waals surface area contributed by atoms with Crippen LogP contribution in [0, 0.1) is 11.8 Å². The molecule has 1 rings (SSSR count). The van der Waals surface area contributed by atoms with Gasteiger partial charge in [-0.3, -0.25) is 0 Å². The van der Waals surface area contributed by atoms with Crippen molar-refractivity contribution in [2.45, 2.75) is 12.8 Å². The van der Waals surface area contributed by atoms with Gasteiger partial charge in [0.1, 0.15) is 12.1 Å². The van der Waals surface area contributed by atoms with Crippen LogP contribution >= 0.6 is 11.6 Å². The summed E-state index contributed by atoms with van der Waals surface area (Å²) in [5, 5.41) is 0. The molecule has 13 heavy (non-hydrogen) atoms. The van der Waals surface area contributed by atoms with E-state index in [1.165, 1.54) is 6.33 Å². The molecule has 0 radical (unpaired) electrons. The summed E-state index contributed by atoms with van der Waals surface area (Å²) >= 11 is 5.50. The zero-order valence-corrected chi connectivity index (χ0v) is 7.88. The summed E-state index contributed by atoms with van der Waals surface area (Å²) in [5.74, 6) is 6.90. The maximum atomic E-state index is 5.56. The average Bonchev–Trinajstić information content (AvgIpc) is 2.15. The molecule has 0 unspecified atom stereocenters. The van der Waals surface area contributed by atoms with E-state index >= 15 is 0 Å². The van der Waals surface area contributed by atoms with Crippen molar-refractivity contribution < 1.29 is 0 Å². The van der Waals surface area contributed by atoms with Gasteiger partial charge in [-0.15, -0.1) is 11.6 Å². The molecule has 0 spiro atoms. The number of rotatable bonds is 2. The predicted molar refractivity (Wildman–Crippen MR) is 53.3 cm³/mol. The molecule has 0 saturated heterocycles. The van der Waals surface area contributed by atoms with Gasteiger partial charge in [0.15, 0.2) is 0 Å². The average molecular weight is 196 g/mol. The summed E-state index contributed by atoms with van der Waals surface area (Å²) in [6.07, 6.45) is 4.68. The third-order valence-corrected chi connectivity index (χ3v) is 1.67. The first-order chi connectivity index (χ1) is 6.34. The molecule has 0 bridgehead atoms. The van der Waals surface area contributed by atoms with Crippen molar-refractivity contribution in [1.29, 1.82) is 0 Å². The fourth-order valence-electron chi connectivity index (χ4n) is 0.748. The lowest BCUT2D eigenvalue weighted by atomic mass is 10.3. The normalized spacial score (nSPS) is 9.00. The standard InChI is InChI=1S/C9H10ClN3/c10-5-3-1-2-4-8-6-12-7-13-9(8)11/h6-7H,1,3,5H2,(H2,11,12,13). The van der Waals surface area contributed by atoms with E-state index in [2.05, 4.69) is 21.8 Å². The van der Waals surface area contributed by atoms with Crippen LogP contribution in [0.5, 0.6) is 0 Å². The molecule has 4 heteroatoms. The number of anilines is 1. The van der Waals surface area contributed by atoms with Gasteiger partial charge >= 0.3 is 0 Å². The van der Waals surface area contributed by atoms with Gasteiger partial charge in [-0.05, 0) is 6.42 Å². The van der Waals surface area contributed by atoms with Gasteiger partial charge in [0.25, 0.3) is 0 Å². The van der Waals surface area contributed by atoms with Crippen LogP contribution < -0.4 is 5.73 Å². The second-order valence-corrected chi connectivity index (χ2v) is 2.79. The third kappa shape index (κ3) is 3.30. The van der Waals surface area contributed by atoms with Gasteiger partial charge in [0, 0.05) is 18.5 Å². The number of hydrogen-bond donors (Lipinski definition) is 1. The first-order valence-electron chi connectivity index (χ1n) is 3.95. The summed E-state index contributed by atoms with van der Waals surface area (Å²) in [5.41, 5.74) is 6.23. The first-order valence-corrected chi connectivity index (χ1v) is 4.48. The Morgan fingerprint density at radius 1 is 1.54 bits per heavy atom. The van der Waals surface area contributed by atoms with Crippen LogP contribution in [0.1, 0.15) is 18.4 Å². The highest BCUT2D eigenvalue weighted by Gasteiger charge is 1.92. The number of unbranched alkanes of at least 4 members (excludes halogenated alkanes) is 1. The molecule has 0 aromatic carbocycles. The number of nitrogens with two attached hydrogens (primary N) is 1. The molecule has 0 aliphatic rings. The molecule has 1 aromatic heterocycles. The molecule has 0 aliphatic carbocycles. The lowest BCUT2D eigenvalue weighted by Crippen LogP contribution is -1.94. The van der Waals surface area contributed by atoms with Crippen molar-refractivity contribution in [3.05, 3.63) is 18.1 Å². The summed E-state index contributed by atoms with van der Waals surface area (Å²) in [4.78, 5) is 7.64. The van der Waals surface area contributed by atoms with E-state index < -0.39 is 0 Å². The summed E-state index contributed by atoms with van der Waals surface area (Å²) in [7, 11) is 0. The fraction of sp³-hybridized carbons (Fsp3) is 0.333. The molecule has 2 N–H and O–H groups in total. The molecule has 68 valence electrons. The van der Waals surface area contributed by atoms with E-state index in [1.807, 2.05) is 0 Å². The lowest BCUT2D eigenvalue weighted by molar-refractivity contribution is 0.991. The molecule has 3 nitrogen and oxygen atoms in total. The summed E-state index contributed by atoms with van der Waals surface area (Å²) in [6.45, 7) is 0. The Kier molecular flexibility index (Phi) is 4.07. The SMILES string of the molecule is Nc1ncncc1C#CCCCCl. The minimum absolute atomic E-state index is 0.424. The van der Waals surface area contributed by atoms with Crippen molar-refractivity contribution in [2.24, 2.45) is 0 Å². The third-order valence-electron chi connectivity index (χ3n) is 1.40. The number of hydrogen-bond acceptors (Lipinski definition) is 3. The molecule has 1 aromatic rings. The van der Waals surface area contributed by atoms with Gasteiger partial charge in [0.2, 0.25) is 0 Å². The molecule has 0 atom stereocenters. The zero-order chi connectivity index (χ0) is 9.52. The fourth-order valence-corrected chi connectivity index (χ4v) is 0.882. The second kappa shape index (κ2) is 5.39. The Balaban J connectivity index is 2.61. The molecule has 0 amide bonds. The Morgan fingerprint density at radius 2 is 2.38 bits per heavy atom. The molecule has 1 heterocycles. The van der Waals surface area contributed by atoms with Gasteiger partial charge in [-0.25, -0.2) is 9.97 Å². The monoisotopic (exact) mass is 195 g/mol. The van der Waals surface area contributed by atoms with Crippen LogP contribution in [0.2, 0.25) is 0 Å². The largest absolute Gasteiger partial charge is 0.383 e. The minimum atomic E-state index is 0.424. The van der Waals surface area contributed by atoms with Gasteiger partial charge in [0.05, 0.1) is 5.56 Å². The predicted octanol–water partition coefficient (Wildman–Crippen LogP) is 1.43. The zero-order valence-electron chi connectivity index (χ0n) is 7.13. The van der Waals surface area contributed by atoms with Crippen LogP contribution in [-0.4, -0.2) is 15.8 Å². The topological polar surface area (TPSA) is 51.8 Å². The van der Waals surface area contributed by atoms with Crippen LogP contribution in [-0.2, 0) is 0 Å². The minimum Gasteiger partial charge on any atom is -0.383 e. The van der Waals surface area contributed by atoms with Gasteiger partial charge in [-0.2, -0.15) is 0 Å². The van der Waals surface area contributed by atoms with Crippen LogP contribution in [0.4, 0.5) is 5.82 Å². The lowest BCUT2D eigenvalue weighted by Gasteiger charge is -1.92. The highest BCUT2D eigenvalue weighted by Crippen LogP contribution is 2.02. The smallest absolute Gasteiger partial charge is 0.142 e. The maximum absolute atomic E-state index is 5.56. The van der Waals surface area contributed by atoms with Gasteiger partial charge < -0.3 is 5.73 Å². The van der Waals surface area contributed by atoms with E-state index in [9.17, 15) is 0 Å². The number of nitrogens with zero attached hydrogens (tertiary/aromatic N) is 2. The van der Waals surface area contributed by atoms with E-state index in [-0.39, 0.29) is 0 Å². The van der Waals surface area contributed by atoms with Crippen LogP contribution in [0.15, 0.2) is 12.5 Å². The number of aromatic nitrogens is 2. The Bertz CT molecular complexity index is 327. The van der Waals surface area contributed by atoms with Crippen molar-refractivity contribution in [3.8, 4) is 11.8 Å². The van der Waals surface area contributed by atoms with Crippen molar-refractivity contribution in [2.75, 3.05) is 11.6 Å². The van der Waals surface area contributed by atoms with Crippen LogP contribution in [0.3, 0.4) is 0 Å². The van der Waals surface area contributed by atoms with Crippen molar-refractivity contribution in [3.63, 3.8) is 0 Å². The van der Waals surface area contributed by atoms with Gasteiger partial charge in [-0.1, -0.05) is 11.8 Å². The molecule has 0 fully saturated rings. The Hall–Kier alpha value is -1.27. The highest BCUT2D eigenvalue weighted by atomic mass is 35.5. The number of nitrogen functional groups attached to an aromatic ring is 1. The highest BCUT2D eigenvalue weighted by molar-refractivity contribution is 6.17. The molecular formula is C9H10ClN3. The van der Waals surface area contributed by atoms with E-state index in [0.717, 1.165) is 12.8 Å². The number of alkyl halides is 1. The summed E-state index contributed by atoms with van der Waals surface area (Å²) < 4.78 is 0. The Labute approximate surface area is 82.3 Å². The quantitative estimate of drug-likeness (QED) is 0.441. The second-order valence-electron chi connectivity index (χ2n) is 2.42. The number of halogens is 1.